The highest BCUT2D eigenvalue weighted by molar-refractivity contribution is 7.70. The molecule has 0 bridgehead atoms. The van der Waals surface area contributed by atoms with Gasteiger partial charge in [0.2, 0.25) is 7.87 Å². The van der Waals surface area contributed by atoms with Crippen LogP contribution in [-0.4, -0.2) is 29.5 Å². The highest BCUT2D eigenvalue weighted by atomic mass is 31.2. The van der Waals surface area contributed by atoms with E-state index in [4.69, 9.17) is 9.26 Å². The predicted octanol–water partition coefficient (Wildman–Crippen LogP) is 4.81. The lowest BCUT2D eigenvalue weighted by Crippen LogP contribution is -2.45. The smallest absolute Gasteiger partial charge is 0.209 e. The summed E-state index contributed by atoms with van der Waals surface area (Å²) in [4.78, 5) is 13.9. The zero-order valence-corrected chi connectivity index (χ0v) is 19.3. The summed E-state index contributed by atoms with van der Waals surface area (Å²) in [5.41, 5.74) is 2.46. The van der Waals surface area contributed by atoms with E-state index in [2.05, 4.69) is 45.0 Å². The Bertz CT molecular complexity index is 832. The third kappa shape index (κ3) is 4.64. The minimum atomic E-state index is -3.10. The molecule has 1 heterocycles. The first-order valence-corrected chi connectivity index (χ1v) is 12.7. The molecule has 1 aliphatic carbocycles. The Morgan fingerprint density at radius 3 is 2.40 bits per heavy atom. The van der Waals surface area contributed by atoms with Crippen molar-refractivity contribution in [2.45, 2.75) is 70.6 Å². The molecule has 2 aromatic rings. The molecule has 1 saturated carbocycles. The van der Waals surface area contributed by atoms with Gasteiger partial charge in [-0.05, 0) is 62.8 Å². The molecule has 5 heteroatoms. The van der Waals surface area contributed by atoms with E-state index in [0.717, 1.165) is 5.30 Å². The van der Waals surface area contributed by atoms with Crippen LogP contribution in [0, 0.1) is 0 Å². The van der Waals surface area contributed by atoms with Crippen LogP contribution in [0.1, 0.15) is 63.5 Å². The van der Waals surface area contributed by atoms with Crippen LogP contribution in [-0.2, 0) is 15.9 Å². The number of hydrogen-bond acceptors (Lipinski definition) is 4. The van der Waals surface area contributed by atoms with Gasteiger partial charge in [0, 0.05) is 5.54 Å². The van der Waals surface area contributed by atoms with Gasteiger partial charge in [0.1, 0.15) is 11.4 Å². The van der Waals surface area contributed by atoms with E-state index in [1.54, 1.807) is 0 Å². The van der Waals surface area contributed by atoms with Crippen molar-refractivity contribution in [3.05, 3.63) is 65.7 Å². The summed E-state index contributed by atoms with van der Waals surface area (Å²) in [6.45, 7) is 7.91. The van der Waals surface area contributed by atoms with E-state index in [9.17, 15) is 4.89 Å². The summed E-state index contributed by atoms with van der Waals surface area (Å²) in [5, 5.41) is 0.758. The molecular weight excluding hydrogens is 393 g/mol. The molecule has 30 heavy (non-hydrogen) atoms. The van der Waals surface area contributed by atoms with Gasteiger partial charge in [0.05, 0.1) is 19.8 Å². The summed E-state index contributed by atoms with van der Waals surface area (Å²) in [6, 6.07) is 18.2. The second-order valence-corrected chi connectivity index (χ2v) is 11.8. The number of hydrogen-bond donors (Lipinski definition) is 0. The summed E-state index contributed by atoms with van der Waals surface area (Å²) in [5.74, 6) is 0.669. The van der Waals surface area contributed by atoms with E-state index in [1.165, 1.54) is 36.8 Å². The van der Waals surface area contributed by atoms with Gasteiger partial charge in [-0.1, -0.05) is 55.3 Å². The molecule has 0 N–H and O–H groups in total. The molecule has 4 nitrogen and oxygen atoms in total. The van der Waals surface area contributed by atoms with Gasteiger partial charge in [-0.2, -0.15) is 0 Å². The highest BCUT2D eigenvalue weighted by Crippen LogP contribution is 2.61. The summed E-state index contributed by atoms with van der Waals surface area (Å²) >= 11 is 0. The molecule has 0 radical (unpaired) electrons. The van der Waals surface area contributed by atoms with Crippen molar-refractivity contribution in [3.8, 4) is 0 Å². The molecule has 1 saturated heterocycles. The topological polar surface area (TPSA) is 44.8 Å². The van der Waals surface area contributed by atoms with Crippen LogP contribution in [0.3, 0.4) is 0 Å². The van der Waals surface area contributed by atoms with Gasteiger partial charge in [-0.3, -0.25) is 0 Å². The second kappa shape index (κ2) is 9.06. The first kappa shape index (κ1) is 21.9. The van der Waals surface area contributed by atoms with Gasteiger partial charge < -0.3 is 9.63 Å². The Morgan fingerprint density at radius 2 is 1.70 bits per heavy atom. The third-order valence-electron chi connectivity index (χ3n) is 6.25. The van der Waals surface area contributed by atoms with Gasteiger partial charge in [-0.15, -0.1) is 4.67 Å². The lowest BCUT2D eigenvalue weighted by molar-refractivity contribution is -0.199. The predicted molar refractivity (Wildman–Crippen MR) is 122 cm³/mol. The third-order valence-corrected chi connectivity index (χ3v) is 9.19. The Balaban J connectivity index is 1.43. The highest BCUT2D eigenvalue weighted by Gasteiger charge is 2.53. The van der Waals surface area contributed by atoms with Crippen molar-refractivity contribution in [2.24, 2.45) is 0 Å². The van der Waals surface area contributed by atoms with Crippen molar-refractivity contribution in [1.82, 2.24) is 4.67 Å². The van der Waals surface area contributed by atoms with Crippen LogP contribution >= 0.6 is 7.87 Å². The molecule has 2 aromatic carbocycles. The Hall–Kier alpha value is -1.29. The molecule has 1 unspecified atom stereocenters. The number of ether oxygens (including phenoxy) is 1. The molecule has 0 amide bonds. The molecule has 162 valence electrons. The lowest BCUT2D eigenvalue weighted by atomic mass is 9.93. The van der Waals surface area contributed by atoms with Gasteiger partial charge in [0.25, 0.3) is 0 Å². The van der Waals surface area contributed by atoms with Crippen molar-refractivity contribution in [3.63, 3.8) is 0 Å². The molecule has 2 fully saturated rings. The van der Waals surface area contributed by atoms with E-state index >= 15 is 0 Å². The molecule has 1 aliphatic heterocycles. The normalized spacial score (nSPS) is 25.8. The first-order valence-electron chi connectivity index (χ1n) is 11.2. The second-order valence-electron chi connectivity index (χ2n) is 9.53. The van der Waals surface area contributed by atoms with Crippen molar-refractivity contribution < 1.29 is 14.2 Å². The van der Waals surface area contributed by atoms with Crippen molar-refractivity contribution in [2.75, 3.05) is 13.2 Å². The number of benzene rings is 2. The quantitative estimate of drug-likeness (QED) is 0.621. The van der Waals surface area contributed by atoms with Crippen molar-refractivity contribution in [1.29, 1.82) is 0 Å². The standard InChI is InChI=1S/C25H34NO3P/c1-25(2,3)26-17-22(29-30(26,27)23-14-5-4-6-15-23)19-28-18-21-13-9-10-16-24(21)20-11-7-8-12-20/h4-6,9-10,13-16,20,22H,7-8,11-12,17-19H2,1-3H3/t22-,30?/m0/s1. The first-order chi connectivity index (χ1) is 14.4. The molecule has 2 aliphatic rings. The average molecular weight is 428 g/mol. The fourth-order valence-electron chi connectivity index (χ4n) is 4.76. The van der Waals surface area contributed by atoms with Crippen LogP contribution in [0.4, 0.5) is 0 Å². The largest absolute Gasteiger partial charge is 0.637 e. The molecule has 2 atom stereocenters. The van der Waals surface area contributed by atoms with Crippen LogP contribution in [0.15, 0.2) is 54.6 Å². The van der Waals surface area contributed by atoms with Crippen molar-refractivity contribution >= 4 is 13.2 Å². The SMILES string of the molecule is CC(C)(C)N1C[C@@H](COCc2ccccc2C2CCCC2)O[P+]1([O-])c1ccccc1. The minimum absolute atomic E-state index is 0.200. The van der Waals surface area contributed by atoms with Crippen LogP contribution in [0.2, 0.25) is 0 Å². The van der Waals surface area contributed by atoms with E-state index in [-0.39, 0.29) is 11.6 Å². The van der Waals surface area contributed by atoms with Gasteiger partial charge in [0.15, 0.2) is 0 Å². The Labute approximate surface area is 181 Å². The van der Waals surface area contributed by atoms with Gasteiger partial charge >= 0.3 is 0 Å². The van der Waals surface area contributed by atoms with E-state index in [1.807, 2.05) is 35.0 Å². The summed E-state index contributed by atoms with van der Waals surface area (Å²) < 4.78 is 14.3. The maximum absolute atomic E-state index is 13.9. The maximum Gasteiger partial charge on any atom is 0.209 e. The number of rotatable bonds is 6. The molecule has 0 spiro atoms. The zero-order valence-electron chi connectivity index (χ0n) is 18.4. The van der Waals surface area contributed by atoms with E-state index in [0.29, 0.717) is 25.7 Å². The fraction of sp³-hybridized carbons (Fsp3) is 0.520. The Kier molecular flexibility index (Phi) is 6.62. The molecular formula is C25H34NO3P. The summed E-state index contributed by atoms with van der Waals surface area (Å²) in [6.07, 6.45) is 5.02. The minimum Gasteiger partial charge on any atom is -0.637 e. The zero-order chi connectivity index (χ0) is 21.2. The van der Waals surface area contributed by atoms with Crippen LogP contribution in [0.25, 0.3) is 0 Å². The number of nitrogens with zero attached hydrogens (tertiary/aromatic N) is 1. The van der Waals surface area contributed by atoms with E-state index < -0.39 is 7.87 Å². The fourth-order valence-corrected chi connectivity index (χ4v) is 7.54. The maximum atomic E-state index is 13.9. The Morgan fingerprint density at radius 1 is 1.03 bits per heavy atom. The molecule has 0 aromatic heterocycles. The van der Waals surface area contributed by atoms with Crippen LogP contribution < -0.4 is 10.2 Å². The average Bonchev–Trinajstić information content (AvgIpc) is 3.38. The van der Waals surface area contributed by atoms with Crippen LogP contribution in [0.5, 0.6) is 0 Å². The van der Waals surface area contributed by atoms with Gasteiger partial charge in [-0.25, -0.2) is 4.52 Å². The summed E-state index contributed by atoms with van der Waals surface area (Å²) in [7, 11) is -3.10. The lowest BCUT2D eigenvalue weighted by Gasteiger charge is -2.39. The monoisotopic (exact) mass is 427 g/mol. The molecule has 4 rings (SSSR count).